The Morgan fingerprint density at radius 1 is 1.19 bits per heavy atom. The number of nitrogens with zero attached hydrogens (tertiary/aromatic N) is 4. The van der Waals surface area contributed by atoms with E-state index in [2.05, 4.69) is 10.2 Å². The Morgan fingerprint density at radius 3 is 2.50 bits per heavy atom. The molecule has 1 saturated heterocycles. The lowest BCUT2D eigenvalue weighted by atomic mass is 9.93. The molecule has 0 aromatic carbocycles. The van der Waals surface area contributed by atoms with Gasteiger partial charge in [-0.1, -0.05) is 37.9 Å². The van der Waals surface area contributed by atoms with E-state index in [0.29, 0.717) is 6.42 Å². The summed E-state index contributed by atoms with van der Waals surface area (Å²) in [5.41, 5.74) is 0. The maximum Gasteiger partial charge on any atom is 0.233 e. The standard InChI is InChI=1S/C17H28N4O3S2/c1-3-15-18-19-17(20(15)2)25-11-16(22)21(13-7-5-4-6-8-13)14-9-10-26(23,24)12-14/h13-14H,3-12H2,1-2H3. The molecule has 0 N–H and O–H groups in total. The molecular formula is C17H28N4O3S2. The molecule has 0 radical (unpaired) electrons. The van der Waals surface area contributed by atoms with Crippen LogP contribution in [0, 0.1) is 0 Å². The molecule has 0 bridgehead atoms. The van der Waals surface area contributed by atoms with E-state index >= 15 is 0 Å². The van der Waals surface area contributed by atoms with Crippen molar-refractivity contribution in [3.05, 3.63) is 5.82 Å². The van der Waals surface area contributed by atoms with E-state index in [4.69, 9.17) is 0 Å². The molecule has 26 heavy (non-hydrogen) atoms. The van der Waals surface area contributed by atoms with E-state index in [1.54, 1.807) is 0 Å². The van der Waals surface area contributed by atoms with Gasteiger partial charge >= 0.3 is 0 Å². The zero-order chi connectivity index (χ0) is 18.7. The first-order chi connectivity index (χ1) is 12.4. The second-order valence-electron chi connectivity index (χ2n) is 7.25. The first kappa shape index (κ1) is 19.7. The van der Waals surface area contributed by atoms with E-state index in [9.17, 15) is 13.2 Å². The second kappa shape index (κ2) is 8.29. The number of carbonyl (C=O) groups is 1. The molecule has 2 heterocycles. The molecular weight excluding hydrogens is 372 g/mol. The van der Waals surface area contributed by atoms with Crippen LogP contribution in [-0.4, -0.2) is 63.3 Å². The van der Waals surface area contributed by atoms with Gasteiger partial charge in [0.05, 0.1) is 17.3 Å². The summed E-state index contributed by atoms with van der Waals surface area (Å²) in [6.45, 7) is 2.02. The average molecular weight is 401 g/mol. The van der Waals surface area contributed by atoms with Gasteiger partial charge in [-0.15, -0.1) is 10.2 Å². The monoisotopic (exact) mass is 400 g/mol. The molecule has 2 aliphatic rings. The maximum absolute atomic E-state index is 13.1. The van der Waals surface area contributed by atoms with Crippen molar-refractivity contribution in [2.45, 2.75) is 69.1 Å². The van der Waals surface area contributed by atoms with Crippen molar-refractivity contribution in [2.75, 3.05) is 17.3 Å². The zero-order valence-electron chi connectivity index (χ0n) is 15.6. The normalized spacial score (nSPS) is 23.2. The van der Waals surface area contributed by atoms with Gasteiger partial charge in [0.2, 0.25) is 5.91 Å². The fourth-order valence-corrected chi connectivity index (χ4v) is 6.55. The van der Waals surface area contributed by atoms with Gasteiger partial charge in [-0.25, -0.2) is 8.42 Å². The van der Waals surface area contributed by atoms with Gasteiger partial charge in [-0.05, 0) is 19.3 Å². The second-order valence-corrected chi connectivity index (χ2v) is 10.4. The minimum absolute atomic E-state index is 0.0325. The maximum atomic E-state index is 13.1. The van der Waals surface area contributed by atoms with Gasteiger partial charge in [-0.3, -0.25) is 4.79 Å². The quantitative estimate of drug-likeness (QED) is 0.677. The lowest BCUT2D eigenvalue weighted by Crippen LogP contribution is -2.49. The highest BCUT2D eigenvalue weighted by Crippen LogP contribution is 2.29. The van der Waals surface area contributed by atoms with Crippen molar-refractivity contribution >= 4 is 27.5 Å². The van der Waals surface area contributed by atoms with Crippen LogP contribution in [0.4, 0.5) is 0 Å². The Hall–Kier alpha value is -1.09. The number of carbonyl (C=O) groups excluding carboxylic acids is 1. The van der Waals surface area contributed by atoms with Gasteiger partial charge in [0, 0.05) is 25.6 Å². The fourth-order valence-electron chi connectivity index (χ4n) is 4.04. The molecule has 1 aromatic heterocycles. The SMILES string of the molecule is CCc1nnc(SCC(=O)N(C2CCCCC2)C2CCS(=O)(=O)C2)n1C. The Labute approximate surface area is 159 Å². The first-order valence-corrected chi connectivity index (χ1v) is 12.2. The number of rotatable bonds is 6. The lowest BCUT2D eigenvalue weighted by molar-refractivity contribution is -0.133. The van der Waals surface area contributed by atoms with Gasteiger partial charge in [0.1, 0.15) is 5.82 Å². The predicted molar refractivity (Wildman–Crippen MR) is 102 cm³/mol. The minimum Gasteiger partial charge on any atom is -0.335 e. The van der Waals surface area contributed by atoms with Gasteiger partial charge in [0.15, 0.2) is 15.0 Å². The van der Waals surface area contributed by atoms with Crippen LogP contribution >= 0.6 is 11.8 Å². The Balaban J connectivity index is 1.70. The molecule has 7 nitrogen and oxygen atoms in total. The van der Waals surface area contributed by atoms with Crippen molar-refractivity contribution < 1.29 is 13.2 Å². The Kier molecular flexibility index (Phi) is 6.27. The van der Waals surface area contributed by atoms with Crippen LogP contribution in [0.25, 0.3) is 0 Å². The van der Waals surface area contributed by atoms with E-state index in [-0.39, 0.29) is 35.2 Å². The molecule has 1 unspecified atom stereocenters. The molecule has 146 valence electrons. The minimum atomic E-state index is -3.01. The summed E-state index contributed by atoms with van der Waals surface area (Å²) in [7, 11) is -1.10. The van der Waals surface area contributed by atoms with Crippen molar-refractivity contribution in [3.8, 4) is 0 Å². The highest BCUT2D eigenvalue weighted by molar-refractivity contribution is 7.99. The molecule has 2 fully saturated rings. The van der Waals surface area contributed by atoms with E-state index < -0.39 is 9.84 Å². The number of thioether (sulfide) groups is 1. The molecule has 0 spiro atoms. The van der Waals surface area contributed by atoms with Crippen LogP contribution in [0.5, 0.6) is 0 Å². The zero-order valence-corrected chi connectivity index (χ0v) is 17.2. The van der Waals surface area contributed by atoms with Crippen LogP contribution in [0.2, 0.25) is 0 Å². The molecule has 1 aliphatic carbocycles. The van der Waals surface area contributed by atoms with Gasteiger partial charge < -0.3 is 9.47 Å². The highest BCUT2D eigenvalue weighted by atomic mass is 32.2. The number of amides is 1. The molecule has 1 saturated carbocycles. The molecule has 1 aromatic rings. The van der Waals surface area contributed by atoms with Crippen LogP contribution in [0.3, 0.4) is 0 Å². The molecule has 3 rings (SSSR count). The van der Waals surface area contributed by atoms with Crippen molar-refractivity contribution in [2.24, 2.45) is 7.05 Å². The van der Waals surface area contributed by atoms with E-state index in [1.807, 2.05) is 23.4 Å². The van der Waals surface area contributed by atoms with E-state index in [1.165, 1.54) is 18.2 Å². The van der Waals surface area contributed by atoms with Crippen molar-refractivity contribution in [3.63, 3.8) is 0 Å². The first-order valence-electron chi connectivity index (χ1n) is 9.44. The summed E-state index contributed by atoms with van der Waals surface area (Å²) >= 11 is 1.39. The smallest absolute Gasteiger partial charge is 0.233 e. The third-order valence-corrected chi connectivity index (χ3v) is 8.18. The molecule has 1 amide bonds. The summed E-state index contributed by atoms with van der Waals surface area (Å²) < 4.78 is 25.8. The van der Waals surface area contributed by atoms with Gasteiger partial charge in [-0.2, -0.15) is 0 Å². The third-order valence-electron chi connectivity index (χ3n) is 5.42. The van der Waals surface area contributed by atoms with Crippen LogP contribution in [0.15, 0.2) is 5.16 Å². The number of aryl methyl sites for hydroxylation is 1. The lowest BCUT2D eigenvalue weighted by Gasteiger charge is -2.38. The number of hydrogen-bond donors (Lipinski definition) is 0. The Bertz CT molecular complexity index is 741. The summed E-state index contributed by atoms with van der Waals surface area (Å²) in [4.78, 5) is 15.0. The summed E-state index contributed by atoms with van der Waals surface area (Å²) in [6.07, 6.45) is 6.77. The van der Waals surface area contributed by atoms with E-state index in [0.717, 1.165) is 43.1 Å². The van der Waals surface area contributed by atoms with Crippen LogP contribution < -0.4 is 0 Å². The summed E-state index contributed by atoms with van der Waals surface area (Å²) in [5.74, 6) is 1.52. The van der Waals surface area contributed by atoms with Crippen molar-refractivity contribution in [1.82, 2.24) is 19.7 Å². The predicted octanol–water partition coefficient (Wildman–Crippen LogP) is 1.82. The summed E-state index contributed by atoms with van der Waals surface area (Å²) in [5, 5.41) is 9.03. The number of aromatic nitrogens is 3. The third kappa shape index (κ3) is 4.42. The van der Waals surface area contributed by atoms with Crippen LogP contribution in [0.1, 0.15) is 51.3 Å². The number of hydrogen-bond acceptors (Lipinski definition) is 6. The molecule has 1 aliphatic heterocycles. The largest absolute Gasteiger partial charge is 0.335 e. The summed E-state index contributed by atoms with van der Waals surface area (Å²) in [6, 6.07) is 0.0164. The average Bonchev–Trinajstić information content (AvgIpc) is 3.16. The molecule has 9 heteroatoms. The topological polar surface area (TPSA) is 85.2 Å². The highest BCUT2D eigenvalue weighted by Gasteiger charge is 2.38. The molecule has 1 atom stereocenters. The van der Waals surface area contributed by atoms with Crippen molar-refractivity contribution in [1.29, 1.82) is 0 Å². The Morgan fingerprint density at radius 2 is 1.92 bits per heavy atom. The van der Waals surface area contributed by atoms with Gasteiger partial charge in [0.25, 0.3) is 0 Å². The number of sulfone groups is 1. The fraction of sp³-hybridized carbons (Fsp3) is 0.824. The van der Waals surface area contributed by atoms with Crippen LogP contribution in [-0.2, 0) is 28.1 Å².